The van der Waals surface area contributed by atoms with E-state index in [-0.39, 0.29) is 12.7 Å². The van der Waals surface area contributed by atoms with Crippen LogP contribution in [0.3, 0.4) is 0 Å². The number of nitrogens with zero attached hydrogens (tertiary/aromatic N) is 1. The number of carbonyl (C=O) groups excluding carboxylic acids is 2. The lowest BCUT2D eigenvalue weighted by Crippen LogP contribution is -2.38. The van der Waals surface area contributed by atoms with Crippen molar-refractivity contribution in [3.8, 4) is 5.75 Å². The molecule has 0 saturated heterocycles. The highest BCUT2D eigenvalue weighted by atomic mass is 35.5. The molecule has 2 rings (SSSR count). The Morgan fingerprint density at radius 1 is 1.13 bits per heavy atom. The summed E-state index contributed by atoms with van der Waals surface area (Å²) in [6.07, 6.45) is 2.17. The predicted molar refractivity (Wildman–Crippen MR) is 122 cm³/mol. The molecule has 2 aromatic rings. The van der Waals surface area contributed by atoms with Crippen LogP contribution in [0.4, 0.5) is 0 Å². The number of carbonyl (C=O) groups is 2. The standard InChI is InChI=1S/C22H25Cl2N3O4/c1-15(2)30-10-4-9-25-21(28)22(29)27-26-13-16-5-3-6-19(11-16)31-14-17-7-8-18(23)12-20(17)24/h3,5-8,11-13,15H,4,9-10,14H2,1-2H3,(H,25,28)(H,27,29)/b26-13-. The van der Waals surface area contributed by atoms with Crippen LogP contribution in [0.15, 0.2) is 47.6 Å². The molecule has 166 valence electrons. The van der Waals surface area contributed by atoms with Crippen LogP contribution < -0.4 is 15.5 Å². The molecule has 0 aliphatic rings. The molecule has 0 unspecified atom stereocenters. The number of hydrazone groups is 1. The molecule has 0 aliphatic carbocycles. The molecule has 0 heterocycles. The highest BCUT2D eigenvalue weighted by molar-refractivity contribution is 6.35. The molecule has 0 saturated carbocycles. The average Bonchev–Trinajstić information content (AvgIpc) is 2.72. The highest BCUT2D eigenvalue weighted by Crippen LogP contribution is 2.23. The number of rotatable bonds is 10. The summed E-state index contributed by atoms with van der Waals surface area (Å²) in [4.78, 5) is 23.5. The van der Waals surface area contributed by atoms with E-state index in [1.807, 2.05) is 13.8 Å². The molecular formula is C22H25Cl2N3O4. The molecule has 0 bridgehead atoms. The third-order valence-electron chi connectivity index (χ3n) is 3.91. The fourth-order valence-electron chi connectivity index (χ4n) is 2.37. The van der Waals surface area contributed by atoms with E-state index in [1.54, 1.807) is 42.5 Å². The second-order valence-corrected chi connectivity index (χ2v) is 7.67. The molecule has 0 radical (unpaired) electrons. The largest absolute Gasteiger partial charge is 0.489 e. The van der Waals surface area contributed by atoms with E-state index in [9.17, 15) is 9.59 Å². The van der Waals surface area contributed by atoms with Gasteiger partial charge in [0.15, 0.2) is 0 Å². The van der Waals surface area contributed by atoms with Gasteiger partial charge in [-0.2, -0.15) is 5.10 Å². The number of ether oxygens (including phenoxy) is 2. The zero-order chi connectivity index (χ0) is 22.6. The van der Waals surface area contributed by atoms with E-state index in [0.717, 1.165) is 5.56 Å². The molecule has 9 heteroatoms. The van der Waals surface area contributed by atoms with Crippen LogP contribution in [0.2, 0.25) is 10.0 Å². The Hall–Kier alpha value is -2.61. The first-order valence-corrected chi connectivity index (χ1v) is 10.5. The minimum Gasteiger partial charge on any atom is -0.489 e. The van der Waals surface area contributed by atoms with Gasteiger partial charge in [0.2, 0.25) is 0 Å². The van der Waals surface area contributed by atoms with Crippen LogP contribution >= 0.6 is 23.2 Å². The van der Waals surface area contributed by atoms with E-state index in [0.29, 0.717) is 40.9 Å². The van der Waals surface area contributed by atoms with Gasteiger partial charge in [0.1, 0.15) is 12.4 Å². The van der Waals surface area contributed by atoms with Crippen LogP contribution in [0.5, 0.6) is 5.75 Å². The quantitative estimate of drug-likeness (QED) is 0.240. The van der Waals surface area contributed by atoms with Gasteiger partial charge in [-0.05, 0) is 50.1 Å². The molecule has 0 aliphatic heterocycles. The van der Waals surface area contributed by atoms with Gasteiger partial charge in [0, 0.05) is 28.8 Å². The fourth-order valence-corrected chi connectivity index (χ4v) is 2.84. The Kier molecular flexibility index (Phi) is 10.3. The maximum atomic E-state index is 11.8. The third kappa shape index (κ3) is 9.38. The van der Waals surface area contributed by atoms with E-state index in [2.05, 4.69) is 15.8 Å². The summed E-state index contributed by atoms with van der Waals surface area (Å²) in [5.41, 5.74) is 3.69. The van der Waals surface area contributed by atoms with Gasteiger partial charge in [-0.15, -0.1) is 0 Å². The summed E-state index contributed by atoms with van der Waals surface area (Å²) in [6.45, 7) is 5.00. The first kappa shape index (κ1) is 24.7. The molecule has 0 fully saturated rings. The predicted octanol–water partition coefficient (Wildman–Crippen LogP) is 3.95. The van der Waals surface area contributed by atoms with Crippen molar-refractivity contribution < 1.29 is 19.1 Å². The molecule has 7 nitrogen and oxygen atoms in total. The van der Waals surface area contributed by atoms with Crippen LogP contribution in [-0.2, 0) is 20.9 Å². The number of halogens is 2. The van der Waals surface area contributed by atoms with E-state index in [4.69, 9.17) is 32.7 Å². The van der Waals surface area contributed by atoms with E-state index >= 15 is 0 Å². The van der Waals surface area contributed by atoms with Gasteiger partial charge in [-0.25, -0.2) is 5.43 Å². The summed E-state index contributed by atoms with van der Waals surface area (Å²) in [7, 11) is 0. The van der Waals surface area contributed by atoms with E-state index < -0.39 is 11.8 Å². The molecule has 0 atom stereocenters. The topological polar surface area (TPSA) is 89.0 Å². The molecule has 2 amide bonds. The lowest BCUT2D eigenvalue weighted by Gasteiger charge is -2.08. The third-order valence-corrected chi connectivity index (χ3v) is 4.50. The number of nitrogens with one attached hydrogen (secondary N) is 2. The van der Waals surface area contributed by atoms with E-state index in [1.165, 1.54) is 6.21 Å². The maximum absolute atomic E-state index is 11.8. The van der Waals surface area contributed by atoms with Crippen molar-refractivity contribution in [3.63, 3.8) is 0 Å². The second kappa shape index (κ2) is 12.9. The van der Waals surface area contributed by atoms with Gasteiger partial charge in [0.25, 0.3) is 0 Å². The van der Waals surface area contributed by atoms with Crippen molar-refractivity contribution in [2.45, 2.75) is 33.0 Å². The second-order valence-electron chi connectivity index (χ2n) is 6.83. The zero-order valence-electron chi connectivity index (χ0n) is 17.4. The molecule has 2 aromatic carbocycles. The maximum Gasteiger partial charge on any atom is 0.329 e. The van der Waals surface area contributed by atoms with Gasteiger partial charge in [-0.3, -0.25) is 9.59 Å². The minimum atomic E-state index is -0.842. The molecule has 31 heavy (non-hydrogen) atoms. The van der Waals surface area contributed by atoms with Crippen molar-refractivity contribution in [1.82, 2.24) is 10.7 Å². The summed E-state index contributed by atoms with van der Waals surface area (Å²) in [5, 5.41) is 7.41. The van der Waals surface area contributed by atoms with Crippen LogP contribution in [-0.4, -0.2) is 37.3 Å². The number of hydrogen-bond donors (Lipinski definition) is 2. The van der Waals surface area contributed by atoms with Gasteiger partial charge in [0.05, 0.1) is 12.3 Å². The monoisotopic (exact) mass is 465 g/mol. The lowest BCUT2D eigenvalue weighted by molar-refractivity contribution is -0.139. The lowest BCUT2D eigenvalue weighted by atomic mass is 10.2. The van der Waals surface area contributed by atoms with Crippen molar-refractivity contribution in [3.05, 3.63) is 63.6 Å². The van der Waals surface area contributed by atoms with Crippen LogP contribution in [0.25, 0.3) is 0 Å². The highest BCUT2D eigenvalue weighted by Gasteiger charge is 2.11. The molecule has 2 N–H and O–H groups in total. The SMILES string of the molecule is CC(C)OCCCNC(=O)C(=O)N/N=C\c1cccc(OCc2ccc(Cl)cc2Cl)c1. The van der Waals surface area contributed by atoms with Crippen molar-refractivity contribution >= 4 is 41.2 Å². The summed E-state index contributed by atoms with van der Waals surface area (Å²) in [6, 6.07) is 12.3. The zero-order valence-corrected chi connectivity index (χ0v) is 18.9. The number of hydrogen-bond acceptors (Lipinski definition) is 5. The minimum absolute atomic E-state index is 0.132. The smallest absolute Gasteiger partial charge is 0.329 e. The first-order valence-electron chi connectivity index (χ1n) is 9.75. The van der Waals surface area contributed by atoms with Gasteiger partial charge < -0.3 is 14.8 Å². The van der Waals surface area contributed by atoms with Crippen LogP contribution in [0.1, 0.15) is 31.4 Å². The first-order chi connectivity index (χ1) is 14.8. The molecule has 0 spiro atoms. The van der Waals surface area contributed by atoms with Crippen molar-refractivity contribution in [2.75, 3.05) is 13.2 Å². The Bertz CT molecular complexity index is 919. The van der Waals surface area contributed by atoms with Gasteiger partial charge in [-0.1, -0.05) is 41.4 Å². The Morgan fingerprint density at radius 3 is 2.68 bits per heavy atom. The summed E-state index contributed by atoms with van der Waals surface area (Å²) < 4.78 is 11.1. The Labute approximate surface area is 191 Å². The summed E-state index contributed by atoms with van der Waals surface area (Å²) >= 11 is 12.0. The summed E-state index contributed by atoms with van der Waals surface area (Å²) in [5.74, 6) is -0.993. The van der Waals surface area contributed by atoms with Crippen molar-refractivity contribution in [2.24, 2.45) is 5.10 Å². The Balaban J connectivity index is 1.78. The number of benzene rings is 2. The fraction of sp³-hybridized carbons (Fsp3) is 0.318. The average molecular weight is 466 g/mol. The van der Waals surface area contributed by atoms with Gasteiger partial charge >= 0.3 is 11.8 Å². The Morgan fingerprint density at radius 2 is 1.94 bits per heavy atom. The molecular weight excluding hydrogens is 441 g/mol. The van der Waals surface area contributed by atoms with Crippen LogP contribution in [0, 0.1) is 0 Å². The number of amides is 2. The normalized spacial score (nSPS) is 11.0. The van der Waals surface area contributed by atoms with Crippen molar-refractivity contribution in [1.29, 1.82) is 0 Å². The molecule has 0 aromatic heterocycles.